The Morgan fingerprint density at radius 1 is 1.41 bits per heavy atom. The van der Waals surface area contributed by atoms with Gasteiger partial charge in [-0.25, -0.2) is 0 Å². The van der Waals surface area contributed by atoms with Crippen LogP contribution in [0.25, 0.3) is 0 Å². The van der Waals surface area contributed by atoms with Gasteiger partial charge in [-0.05, 0) is 12.1 Å². The topological polar surface area (TPSA) is 59.1 Å². The number of hydrogen-bond donors (Lipinski definition) is 2. The van der Waals surface area contributed by atoms with Crippen molar-refractivity contribution in [3.63, 3.8) is 0 Å². The molecule has 0 fully saturated rings. The van der Waals surface area contributed by atoms with Crippen LogP contribution in [-0.2, 0) is 6.18 Å². The van der Waals surface area contributed by atoms with Crippen LogP contribution in [0.1, 0.15) is 12.5 Å². The van der Waals surface area contributed by atoms with E-state index in [1.807, 2.05) is 0 Å². The molecule has 0 radical (unpaired) electrons. The van der Waals surface area contributed by atoms with Gasteiger partial charge in [0, 0.05) is 5.92 Å². The summed E-state index contributed by atoms with van der Waals surface area (Å²) in [4.78, 5) is 0. The number of para-hydroxylation sites is 1. The first-order valence-electron chi connectivity index (χ1n) is 4.95. The summed E-state index contributed by atoms with van der Waals surface area (Å²) in [6.07, 6.45) is -4.45. The minimum absolute atomic E-state index is 0.0531. The molecule has 0 aliphatic carbocycles. The fourth-order valence-electron chi connectivity index (χ4n) is 1.13. The van der Waals surface area contributed by atoms with Gasteiger partial charge in [0.1, 0.15) is 5.75 Å². The van der Waals surface area contributed by atoms with E-state index < -0.39 is 17.7 Å². The average Bonchev–Trinajstić information content (AvgIpc) is 2.24. The lowest BCUT2D eigenvalue weighted by Crippen LogP contribution is -2.25. The molecule has 1 rings (SSSR count). The zero-order chi connectivity index (χ0) is 13.1. The molecule has 1 aromatic rings. The molecule has 6 heteroatoms. The molecule has 0 saturated heterocycles. The maximum absolute atomic E-state index is 12.6. The van der Waals surface area contributed by atoms with Crippen molar-refractivity contribution in [2.45, 2.75) is 13.1 Å². The Bertz CT molecular complexity index is 404. The molecule has 94 valence electrons. The van der Waals surface area contributed by atoms with Crippen molar-refractivity contribution in [2.24, 2.45) is 11.7 Å². The van der Waals surface area contributed by atoms with E-state index in [0.717, 1.165) is 6.07 Å². The first-order valence-corrected chi connectivity index (χ1v) is 4.95. The van der Waals surface area contributed by atoms with Crippen LogP contribution in [0, 0.1) is 11.3 Å². The molecule has 0 heterocycles. The number of amidine groups is 1. The molecule has 1 aromatic carbocycles. The summed E-state index contributed by atoms with van der Waals surface area (Å²) in [6, 6.07) is 4.95. The monoisotopic (exact) mass is 246 g/mol. The maximum Gasteiger partial charge on any atom is 0.419 e. The molecular weight excluding hydrogens is 233 g/mol. The number of alkyl halides is 3. The van der Waals surface area contributed by atoms with Crippen molar-refractivity contribution in [3.05, 3.63) is 29.8 Å². The number of hydrogen-bond acceptors (Lipinski definition) is 2. The number of nitrogens with one attached hydrogen (secondary N) is 1. The third-order valence-corrected chi connectivity index (χ3v) is 2.21. The third-order valence-electron chi connectivity index (χ3n) is 2.21. The first-order chi connectivity index (χ1) is 7.82. The molecule has 1 unspecified atom stereocenters. The normalized spacial score (nSPS) is 13.2. The number of benzene rings is 1. The second-order valence-corrected chi connectivity index (χ2v) is 3.66. The summed E-state index contributed by atoms with van der Waals surface area (Å²) >= 11 is 0. The van der Waals surface area contributed by atoms with Gasteiger partial charge in [0.15, 0.2) is 0 Å². The first kappa shape index (κ1) is 13.3. The lowest BCUT2D eigenvalue weighted by molar-refractivity contribution is -0.139. The number of rotatable bonds is 4. The van der Waals surface area contributed by atoms with Crippen molar-refractivity contribution in [1.29, 1.82) is 5.41 Å². The number of ether oxygens (including phenoxy) is 1. The minimum Gasteiger partial charge on any atom is -0.492 e. The molecule has 0 aliphatic heterocycles. The van der Waals surface area contributed by atoms with Crippen LogP contribution in [0.4, 0.5) is 13.2 Å². The summed E-state index contributed by atoms with van der Waals surface area (Å²) in [5, 5.41) is 7.12. The van der Waals surface area contributed by atoms with Gasteiger partial charge >= 0.3 is 6.18 Å². The number of halogens is 3. The molecule has 17 heavy (non-hydrogen) atoms. The highest BCUT2D eigenvalue weighted by Gasteiger charge is 2.34. The van der Waals surface area contributed by atoms with Crippen molar-refractivity contribution in [3.8, 4) is 5.75 Å². The zero-order valence-corrected chi connectivity index (χ0v) is 9.21. The Labute approximate surface area is 96.9 Å². The van der Waals surface area contributed by atoms with Crippen LogP contribution in [0.2, 0.25) is 0 Å². The predicted octanol–water partition coefficient (Wildman–Crippen LogP) is 2.66. The summed E-state index contributed by atoms with van der Waals surface area (Å²) < 4.78 is 42.8. The van der Waals surface area contributed by atoms with Crippen LogP contribution in [0.15, 0.2) is 24.3 Å². The van der Waals surface area contributed by atoms with Gasteiger partial charge in [-0.15, -0.1) is 0 Å². The van der Waals surface area contributed by atoms with Gasteiger partial charge in [0.25, 0.3) is 0 Å². The number of nitrogens with two attached hydrogens (primary N) is 1. The van der Waals surface area contributed by atoms with Gasteiger partial charge in [0.05, 0.1) is 18.0 Å². The van der Waals surface area contributed by atoms with Gasteiger partial charge in [-0.1, -0.05) is 19.1 Å². The smallest absolute Gasteiger partial charge is 0.419 e. The SMILES string of the molecule is CC(COc1ccccc1C(F)(F)F)C(=N)N. The lowest BCUT2D eigenvalue weighted by Gasteiger charge is -2.16. The Hall–Kier alpha value is -1.72. The summed E-state index contributed by atoms with van der Waals surface area (Å²) in [5.41, 5.74) is 4.38. The second kappa shape index (κ2) is 5.07. The minimum atomic E-state index is -4.45. The van der Waals surface area contributed by atoms with E-state index in [2.05, 4.69) is 0 Å². The third kappa shape index (κ3) is 3.65. The van der Waals surface area contributed by atoms with Crippen molar-refractivity contribution in [1.82, 2.24) is 0 Å². The highest BCUT2D eigenvalue weighted by Crippen LogP contribution is 2.35. The fraction of sp³-hybridized carbons (Fsp3) is 0.364. The zero-order valence-electron chi connectivity index (χ0n) is 9.21. The Morgan fingerprint density at radius 3 is 2.53 bits per heavy atom. The van der Waals surface area contributed by atoms with E-state index in [9.17, 15) is 13.2 Å². The van der Waals surface area contributed by atoms with E-state index in [0.29, 0.717) is 0 Å². The van der Waals surface area contributed by atoms with E-state index >= 15 is 0 Å². The maximum atomic E-state index is 12.6. The van der Waals surface area contributed by atoms with Crippen molar-refractivity contribution in [2.75, 3.05) is 6.61 Å². The quantitative estimate of drug-likeness (QED) is 0.633. The Kier molecular flexibility index (Phi) is 3.98. The van der Waals surface area contributed by atoms with Crippen LogP contribution in [0.5, 0.6) is 5.75 Å². The molecule has 0 aromatic heterocycles. The predicted molar refractivity (Wildman–Crippen MR) is 58.0 cm³/mol. The van der Waals surface area contributed by atoms with E-state index in [1.165, 1.54) is 18.2 Å². The van der Waals surface area contributed by atoms with Gasteiger partial charge in [-0.2, -0.15) is 13.2 Å². The molecule has 0 bridgehead atoms. The van der Waals surface area contributed by atoms with E-state index in [4.69, 9.17) is 15.9 Å². The molecule has 3 nitrogen and oxygen atoms in total. The summed E-state index contributed by atoms with van der Waals surface area (Å²) in [7, 11) is 0. The fourth-order valence-corrected chi connectivity index (χ4v) is 1.13. The Morgan fingerprint density at radius 2 is 2.00 bits per heavy atom. The van der Waals surface area contributed by atoms with Crippen LogP contribution in [0.3, 0.4) is 0 Å². The lowest BCUT2D eigenvalue weighted by atomic mass is 10.1. The van der Waals surface area contributed by atoms with Crippen LogP contribution >= 0.6 is 0 Å². The Balaban J connectivity index is 2.81. The molecule has 0 aliphatic rings. The average molecular weight is 246 g/mol. The van der Waals surface area contributed by atoms with Gasteiger partial charge in [0.2, 0.25) is 0 Å². The second-order valence-electron chi connectivity index (χ2n) is 3.66. The van der Waals surface area contributed by atoms with Crippen LogP contribution < -0.4 is 10.5 Å². The molecule has 0 spiro atoms. The highest BCUT2D eigenvalue weighted by molar-refractivity contribution is 5.79. The van der Waals surface area contributed by atoms with E-state index in [-0.39, 0.29) is 18.2 Å². The molecular formula is C11H13F3N2O. The molecule has 3 N–H and O–H groups in total. The molecule has 1 atom stereocenters. The van der Waals surface area contributed by atoms with Gasteiger partial charge < -0.3 is 10.5 Å². The summed E-state index contributed by atoms with van der Waals surface area (Å²) in [6.45, 7) is 1.56. The van der Waals surface area contributed by atoms with Crippen molar-refractivity contribution >= 4 is 5.84 Å². The van der Waals surface area contributed by atoms with Gasteiger partial charge in [-0.3, -0.25) is 5.41 Å². The highest BCUT2D eigenvalue weighted by atomic mass is 19.4. The summed E-state index contributed by atoms with van der Waals surface area (Å²) in [5.74, 6) is -0.779. The standard InChI is InChI=1S/C11H13F3N2O/c1-7(10(15)16)6-17-9-5-3-2-4-8(9)11(12,13)14/h2-5,7H,6H2,1H3,(H3,15,16). The molecule has 0 saturated carbocycles. The van der Waals surface area contributed by atoms with E-state index in [1.54, 1.807) is 6.92 Å². The largest absolute Gasteiger partial charge is 0.492 e. The van der Waals surface area contributed by atoms with Crippen LogP contribution in [-0.4, -0.2) is 12.4 Å². The molecule has 0 amide bonds. The van der Waals surface area contributed by atoms with Crippen molar-refractivity contribution < 1.29 is 17.9 Å².